The van der Waals surface area contributed by atoms with Crippen LogP contribution in [0.3, 0.4) is 0 Å². The molecule has 6 atom stereocenters. The average molecular weight is 2100 g/mol. The maximum Gasteiger partial charge on any atom is 0.488 e. The summed E-state index contributed by atoms with van der Waals surface area (Å²) in [6, 6.07) is 49.3. The number of rotatable bonds is 28. The molecule has 0 saturated heterocycles. The molecule has 24 nitrogen and oxygen atoms in total. The zero-order chi connectivity index (χ0) is 103. The van der Waals surface area contributed by atoms with E-state index < -0.39 is 92.7 Å². The molecule has 0 bridgehead atoms. The number of hydrogen-bond acceptors (Lipinski definition) is 24. The van der Waals surface area contributed by atoms with Gasteiger partial charge in [-0.3, -0.25) is 18.6 Å². The van der Waals surface area contributed by atoms with E-state index in [-0.39, 0.29) is 123 Å². The van der Waals surface area contributed by atoms with Gasteiger partial charge in [-0.05, 0) is 238 Å². The van der Waals surface area contributed by atoms with Gasteiger partial charge in [0, 0.05) is 69.6 Å². The summed E-state index contributed by atoms with van der Waals surface area (Å²) in [6.07, 6.45) is -8.26. The lowest BCUT2D eigenvalue weighted by Crippen LogP contribution is -2.44. The van der Waals surface area contributed by atoms with Crippen molar-refractivity contribution < 1.29 is 150 Å². The molecule has 6 aliphatic rings. The van der Waals surface area contributed by atoms with E-state index in [1.807, 2.05) is 25.1 Å². The highest BCUT2D eigenvalue weighted by atomic mass is 79.9. The number of carbonyl (C=O) groups excluding carboxylic acids is 3. The largest absolute Gasteiger partial charge is 0.544 e. The summed E-state index contributed by atoms with van der Waals surface area (Å²) in [5.74, 6) is 3.52. The molecule has 3 aliphatic carbocycles. The molecule has 0 amide bonds. The molecule has 10 aromatic carbocycles. The van der Waals surface area contributed by atoms with Crippen LogP contribution in [0.15, 0.2) is 197 Å². The van der Waals surface area contributed by atoms with Crippen molar-refractivity contribution in [3.8, 4) is 74.0 Å². The first kappa shape index (κ1) is 108. The molecule has 3 unspecified atom stereocenters. The third kappa shape index (κ3) is 28.4. The molecule has 39 heteroatoms. The van der Waals surface area contributed by atoms with Crippen LogP contribution in [0.1, 0.15) is 181 Å². The minimum atomic E-state index is -4.55. The summed E-state index contributed by atoms with van der Waals surface area (Å²) in [7, 11) is -9.17. The molecule has 3 N–H and O–H groups in total. The number of esters is 3. The van der Waals surface area contributed by atoms with Crippen LogP contribution in [0.2, 0.25) is 18.1 Å². The molecular formula is C102H109BBrF9O24S3Si. The van der Waals surface area contributed by atoms with Gasteiger partial charge in [-0.2, -0.15) is 47.9 Å². The number of halogens is 10. The lowest BCUT2D eigenvalue weighted by Gasteiger charge is -2.36. The summed E-state index contributed by atoms with van der Waals surface area (Å²) in [4.78, 5) is 35.0. The van der Waals surface area contributed by atoms with E-state index in [0.717, 1.165) is 64.3 Å². The second-order valence-electron chi connectivity index (χ2n) is 36.3. The van der Waals surface area contributed by atoms with Crippen LogP contribution in [0, 0.1) is 6.92 Å². The Hall–Kier alpha value is -11.3. The summed E-state index contributed by atoms with van der Waals surface area (Å²) < 4.78 is 258. The molecule has 756 valence electrons. The van der Waals surface area contributed by atoms with Crippen molar-refractivity contribution in [2.75, 3.05) is 78.4 Å². The zero-order valence-corrected chi connectivity index (χ0v) is 84.1. The monoisotopic (exact) mass is 2100 g/mol. The second-order valence-corrected chi connectivity index (χ2v) is 47.9. The summed E-state index contributed by atoms with van der Waals surface area (Å²) in [5.41, 5.74) is 7.12. The van der Waals surface area contributed by atoms with Gasteiger partial charge < -0.3 is 66.9 Å². The Balaban J connectivity index is 0.000000164. The molecule has 0 fully saturated rings. The number of ether oxygens (including phenoxy) is 10. The van der Waals surface area contributed by atoms with Crippen molar-refractivity contribution in [3.05, 3.63) is 265 Å². The number of aryl methyl sites for hydroxylation is 1. The van der Waals surface area contributed by atoms with E-state index in [4.69, 9.17) is 66.0 Å². The maximum absolute atomic E-state index is 14.1. The molecule has 10 aromatic rings. The molecule has 0 aromatic heterocycles. The highest BCUT2D eigenvalue weighted by Crippen LogP contribution is 2.52. The van der Waals surface area contributed by atoms with Gasteiger partial charge >= 0.3 is 43.6 Å². The number of phenolic OH excluding ortho intramolecular Hbond substituents is 1. The molecule has 141 heavy (non-hydrogen) atoms. The summed E-state index contributed by atoms with van der Waals surface area (Å²) in [5, 5.41) is 27.8. The maximum atomic E-state index is 14.1. The zero-order valence-electron chi connectivity index (χ0n) is 79.1. The Labute approximate surface area is 822 Å². The number of alkyl halides is 9. The smallest absolute Gasteiger partial charge is 0.488 e. The average Bonchev–Trinajstić information content (AvgIpc) is 1.65. The molecule has 0 saturated carbocycles. The number of benzene rings is 10. The van der Waals surface area contributed by atoms with Gasteiger partial charge in [-0.15, -0.1) is 0 Å². The third-order valence-corrected chi connectivity index (χ3v) is 33.7. The van der Waals surface area contributed by atoms with Crippen LogP contribution in [-0.4, -0.2) is 152 Å². The predicted molar refractivity (Wildman–Crippen MR) is 516 cm³/mol. The number of carbonyl (C=O) groups is 3. The number of phenols is 1. The van der Waals surface area contributed by atoms with Gasteiger partial charge in [0.1, 0.15) is 89.7 Å². The van der Waals surface area contributed by atoms with Crippen LogP contribution in [0.4, 0.5) is 39.5 Å². The van der Waals surface area contributed by atoms with Crippen molar-refractivity contribution in [2.24, 2.45) is 0 Å². The van der Waals surface area contributed by atoms with Gasteiger partial charge in [0.25, 0.3) is 10.1 Å². The fourth-order valence-electron chi connectivity index (χ4n) is 16.8. The van der Waals surface area contributed by atoms with Crippen LogP contribution in [0.5, 0.6) is 51.7 Å². The number of sulfone groups is 2. The first-order chi connectivity index (χ1) is 66.3. The Morgan fingerprint density at radius 1 is 0.454 bits per heavy atom. The Bertz CT molecular complexity index is 6490. The van der Waals surface area contributed by atoms with E-state index in [1.54, 1.807) is 97.1 Å². The van der Waals surface area contributed by atoms with Crippen molar-refractivity contribution >= 4 is 84.5 Å². The van der Waals surface area contributed by atoms with Gasteiger partial charge in [0.05, 0.1) is 107 Å². The van der Waals surface area contributed by atoms with Gasteiger partial charge in [-0.25, -0.2) is 16.8 Å². The molecule has 16 rings (SSSR count). The van der Waals surface area contributed by atoms with Crippen molar-refractivity contribution in [1.82, 2.24) is 0 Å². The third-order valence-electron chi connectivity index (χ3n) is 25.0. The Kier molecular flexibility index (Phi) is 35.0. The minimum absolute atomic E-state index is 0.00614. The van der Waals surface area contributed by atoms with E-state index in [2.05, 4.69) is 49.8 Å². The van der Waals surface area contributed by atoms with Gasteiger partial charge in [0.15, 0.2) is 0 Å². The van der Waals surface area contributed by atoms with Crippen LogP contribution >= 0.6 is 15.9 Å². The molecule has 0 spiro atoms. The fourth-order valence-corrected chi connectivity index (χ4v) is 20.8. The first-order valence-electron chi connectivity index (χ1n) is 45.1. The normalized spacial score (nSPS) is 17.1. The van der Waals surface area contributed by atoms with Crippen LogP contribution < -0.4 is 43.0 Å². The SMILES string of the molecule is CC(C)(C)[Si](C)(C)Oc1ccc(B(O)O)cc1.COC(=O)CC1COc2cc(O[C@@H]3CCc4c3ccc(C(F)(F)F)c4-c3ccc(O)cc3)ccc21.COC(=O)CC1COc2cc(O[C@@H]3CCc4c3ccc(C(F)(F)F)c4-c3ccc(OCCCS(C)(=O)=O)cc3)ccc21.COC(=O)CC1COc2cc(O[C@@H]3CCc4c3ccc(C(F)(F)F)c4Br)ccc21.Cc1ccc(S(=O)(=O)OCCCS(C)(=O)=O)cc1. The predicted octanol–water partition coefficient (Wildman–Crippen LogP) is 20.9. The quantitative estimate of drug-likeness (QED) is 0.0102. The van der Waals surface area contributed by atoms with Crippen LogP contribution in [0.25, 0.3) is 22.3 Å². The number of hydrogen-bond donors (Lipinski definition) is 3. The van der Waals surface area contributed by atoms with Crippen LogP contribution in [-0.2, 0) is 100 Å². The molecule has 0 radical (unpaired) electrons. The number of fused-ring (bicyclic) bond motifs is 6. The van der Waals surface area contributed by atoms with Gasteiger partial charge in [0.2, 0.25) is 8.32 Å². The lowest BCUT2D eigenvalue weighted by molar-refractivity contribution is -0.142. The highest BCUT2D eigenvalue weighted by Gasteiger charge is 2.44. The van der Waals surface area contributed by atoms with E-state index in [0.29, 0.717) is 149 Å². The fraction of sp³-hybridized carbons (Fsp3) is 0.382. The summed E-state index contributed by atoms with van der Waals surface area (Å²) in [6.45, 7) is 13.9. The Morgan fingerprint density at radius 2 is 0.801 bits per heavy atom. The molecular weight excluding hydrogens is 2000 g/mol. The molecule has 3 aliphatic heterocycles. The molecule has 3 heterocycles. The topological polar surface area (TPSA) is 325 Å². The lowest BCUT2D eigenvalue weighted by atomic mass is 9.80. The van der Waals surface area contributed by atoms with Crippen molar-refractivity contribution in [3.63, 3.8) is 0 Å². The van der Waals surface area contributed by atoms with E-state index in [1.165, 1.54) is 75.9 Å². The Morgan fingerprint density at radius 3 is 1.17 bits per heavy atom. The number of aromatic hydroxyl groups is 1. The van der Waals surface area contributed by atoms with Crippen molar-refractivity contribution in [2.45, 2.75) is 176 Å². The second kappa shape index (κ2) is 45.5. The highest BCUT2D eigenvalue weighted by molar-refractivity contribution is 9.10. The minimum Gasteiger partial charge on any atom is -0.544 e. The standard InChI is InChI=1S/C31H31F3O7S.C27H23F3O5.C21H18BrF3O4.C12H21BO3Si.C11H16O5S2/c1-38-29(35)16-20-18-40-28-17-22(8-9-23(20)28)41-27-13-11-25-24(27)10-12-26(31(32,33)34)30(25)19-4-6-21(7-5-19)39-14-3-15-42(2,36)37;1-33-25(32)12-16-14-34-24-13-18(6-7-19(16)24)35-23-11-9-21-20(23)8-10-22(27(28,29)30)26(21)15-2-4-17(31)5-3-15;1-27-19(26)8-11-10-28-18-9-12(2-3-13(11)18)29-17-7-5-15-14(17)4-6-16(20(15)22)21(23,24)25;1-12(2,3)17(4,5)16-11-8-6-10(7-9-11)13(14)15;1-10-4-6-11(7-5-10)18(14,15)16-8-3-9-17(2,12)13/h4-10,12,17,20,27H,3,11,13-16,18H2,1-2H3;2-8,10,13,16,23,31H,9,11-12,14H2,1H3;2-4,6,9,11,17H,5,7-8,10H2,1H3;6-9,14-15H,1-5H3;4-7H,3,8-9H2,1-2H3/t20?,27-;16?,23-;11?,17-;;/m111../s1. The van der Waals surface area contributed by atoms with E-state index >= 15 is 0 Å². The van der Waals surface area contributed by atoms with Crippen molar-refractivity contribution in [1.29, 1.82) is 0 Å². The number of methoxy groups -OCH3 is 3. The first-order valence-corrected chi connectivity index (χ1v) is 54.4. The van der Waals surface area contributed by atoms with Gasteiger partial charge in [-0.1, -0.05) is 111 Å². The van der Waals surface area contributed by atoms with E-state index in [9.17, 15) is 84.3 Å². The summed E-state index contributed by atoms with van der Waals surface area (Å²) >= 11 is 3.12.